The summed E-state index contributed by atoms with van der Waals surface area (Å²) in [5.74, 6) is 0.655. The fourth-order valence-electron chi connectivity index (χ4n) is 3.17. The van der Waals surface area contributed by atoms with Crippen LogP contribution in [0.3, 0.4) is 0 Å². The van der Waals surface area contributed by atoms with E-state index >= 15 is 0 Å². The molecule has 0 spiro atoms. The number of hydrogen-bond donors (Lipinski definition) is 1. The summed E-state index contributed by atoms with van der Waals surface area (Å²) in [7, 11) is 0. The molecule has 2 aliphatic rings. The third-order valence-electron chi connectivity index (χ3n) is 4.32. The first kappa shape index (κ1) is 17.0. The minimum absolute atomic E-state index is 0.0326. The Morgan fingerprint density at radius 2 is 2.27 bits per heavy atom. The number of hydrogen-bond acceptors (Lipinski definition) is 5. The first-order chi connectivity index (χ1) is 12.5. The zero-order valence-electron chi connectivity index (χ0n) is 13.6. The normalized spacial score (nSPS) is 19.3. The number of fused-ring (bicyclic) bond motifs is 3. The van der Waals surface area contributed by atoms with Gasteiger partial charge < -0.3 is 10.2 Å². The number of nitro benzene ring substituents is 1. The number of aliphatic imine (C=N–C) groups is 2. The molecule has 2 aromatic rings. The quantitative estimate of drug-likeness (QED) is 0.549. The number of nitro groups is 1. The van der Waals surface area contributed by atoms with Gasteiger partial charge in [0, 0.05) is 10.5 Å². The van der Waals surface area contributed by atoms with E-state index in [9.17, 15) is 10.1 Å². The predicted octanol–water partition coefficient (Wildman–Crippen LogP) is 4.69. The number of nitrogens with zero attached hydrogens (tertiary/aromatic N) is 4. The second-order valence-corrected chi connectivity index (χ2v) is 7.33. The number of nitrogens with one attached hydrogen (secondary N) is 1. The smallest absolute Gasteiger partial charge is 0.295 e. The Kier molecular flexibility index (Phi) is 4.16. The van der Waals surface area contributed by atoms with Crippen LogP contribution in [0, 0.1) is 17.0 Å². The first-order valence-corrected chi connectivity index (χ1v) is 8.99. The average Bonchev–Trinajstić information content (AvgIpc) is 3.07. The van der Waals surface area contributed by atoms with Crippen LogP contribution in [0.4, 0.5) is 22.7 Å². The largest absolute Gasteiger partial charge is 0.340 e. The van der Waals surface area contributed by atoms with Gasteiger partial charge in [0.1, 0.15) is 17.6 Å². The third-order valence-corrected chi connectivity index (χ3v) is 5.07. The molecule has 0 radical (unpaired) electrons. The van der Waals surface area contributed by atoms with E-state index in [1.807, 2.05) is 13.0 Å². The maximum Gasteiger partial charge on any atom is 0.295 e. The van der Waals surface area contributed by atoms with E-state index in [0.29, 0.717) is 34.5 Å². The van der Waals surface area contributed by atoms with Crippen LogP contribution in [0.2, 0.25) is 5.02 Å². The molecule has 1 unspecified atom stereocenters. The molecule has 132 valence electrons. The molecule has 0 bridgehead atoms. The molecular formula is C17H13BrClN5O2. The average molecular weight is 435 g/mol. The van der Waals surface area contributed by atoms with E-state index < -0.39 is 0 Å². The number of para-hydroxylation sites is 1. The van der Waals surface area contributed by atoms with Gasteiger partial charge in [-0.3, -0.25) is 15.1 Å². The van der Waals surface area contributed by atoms with Crippen molar-refractivity contribution >= 4 is 62.5 Å². The minimum atomic E-state index is -0.387. The highest BCUT2D eigenvalue weighted by molar-refractivity contribution is 9.10. The van der Waals surface area contributed by atoms with Gasteiger partial charge in [0.25, 0.3) is 5.69 Å². The van der Waals surface area contributed by atoms with Crippen LogP contribution in [0.15, 0.2) is 44.8 Å². The molecule has 4 rings (SSSR count). The Morgan fingerprint density at radius 3 is 3.00 bits per heavy atom. The van der Waals surface area contributed by atoms with Crippen molar-refractivity contribution in [3.8, 4) is 0 Å². The topological polar surface area (TPSA) is 83.1 Å². The summed E-state index contributed by atoms with van der Waals surface area (Å²) in [6.45, 7) is 2.39. The second kappa shape index (κ2) is 6.37. The number of benzene rings is 2. The van der Waals surface area contributed by atoms with Crippen molar-refractivity contribution in [1.82, 2.24) is 0 Å². The molecule has 1 N–H and O–H groups in total. The fourth-order valence-corrected chi connectivity index (χ4v) is 4.18. The monoisotopic (exact) mass is 433 g/mol. The highest BCUT2D eigenvalue weighted by atomic mass is 79.9. The van der Waals surface area contributed by atoms with Gasteiger partial charge in [0.05, 0.1) is 34.2 Å². The molecule has 0 aromatic heterocycles. The van der Waals surface area contributed by atoms with E-state index in [-0.39, 0.29) is 16.7 Å². The molecule has 0 fully saturated rings. The van der Waals surface area contributed by atoms with Gasteiger partial charge in [-0.1, -0.05) is 33.6 Å². The van der Waals surface area contributed by atoms with Gasteiger partial charge in [0.15, 0.2) is 0 Å². The zero-order chi connectivity index (χ0) is 18.4. The van der Waals surface area contributed by atoms with Crippen molar-refractivity contribution in [2.75, 3.05) is 16.8 Å². The lowest BCUT2D eigenvalue weighted by molar-refractivity contribution is -0.384. The Hall–Kier alpha value is -2.45. The maximum atomic E-state index is 11.4. The van der Waals surface area contributed by atoms with Crippen LogP contribution >= 0.6 is 27.5 Å². The second-order valence-electron chi connectivity index (χ2n) is 6.01. The van der Waals surface area contributed by atoms with Gasteiger partial charge in [-0.2, -0.15) is 0 Å². The van der Waals surface area contributed by atoms with Crippen LogP contribution in [-0.4, -0.2) is 29.7 Å². The summed E-state index contributed by atoms with van der Waals surface area (Å²) in [6.07, 6.45) is 1.63. The summed E-state index contributed by atoms with van der Waals surface area (Å²) in [4.78, 5) is 21.8. The highest BCUT2D eigenvalue weighted by Gasteiger charge is 2.38. The number of rotatable bonds is 2. The molecule has 2 heterocycles. The molecule has 0 saturated carbocycles. The molecule has 26 heavy (non-hydrogen) atoms. The lowest BCUT2D eigenvalue weighted by atomic mass is 10.1. The molecular weight excluding hydrogens is 422 g/mol. The zero-order valence-corrected chi connectivity index (χ0v) is 16.0. The summed E-state index contributed by atoms with van der Waals surface area (Å²) >= 11 is 9.78. The first-order valence-electron chi connectivity index (χ1n) is 7.82. The van der Waals surface area contributed by atoms with Crippen molar-refractivity contribution in [1.29, 1.82) is 0 Å². The molecule has 0 aliphatic carbocycles. The minimum Gasteiger partial charge on any atom is -0.340 e. The number of anilines is 2. The molecule has 2 aliphatic heterocycles. The van der Waals surface area contributed by atoms with Crippen molar-refractivity contribution < 1.29 is 4.92 Å². The van der Waals surface area contributed by atoms with Gasteiger partial charge in [-0.25, -0.2) is 4.99 Å². The number of halogens is 2. The van der Waals surface area contributed by atoms with Crippen molar-refractivity contribution in [2.45, 2.75) is 13.0 Å². The van der Waals surface area contributed by atoms with E-state index in [1.54, 1.807) is 29.4 Å². The van der Waals surface area contributed by atoms with E-state index in [4.69, 9.17) is 16.6 Å². The van der Waals surface area contributed by atoms with Gasteiger partial charge in [-0.05, 0) is 30.7 Å². The standard InChI is InChI=1S/C17H13BrClN5O2/c1-9-5-10(18)6-11(19)15(9)22-17-14-7-20-8-23(14)16-12(21-17)3-2-4-13(16)24(25)26/h2-6,8,14H,7H2,1H3,(H,21,22). The van der Waals surface area contributed by atoms with E-state index in [1.165, 1.54) is 6.07 Å². The summed E-state index contributed by atoms with van der Waals surface area (Å²) < 4.78 is 0.882. The Labute approximate surface area is 162 Å². The maximum absolute atomic E-state index is 11.4. The molecule has 0 saturated heterocycles. The van der Waals surface area contributed by atoms with E-state index in [2.05, 4.69) is 26.2 Å². The lowest BCUT2D eigenvalue weighted by Crippen LogP contribution is -2.46. The SMILES string of the molecule is Cc1cc(Br)cc(Cl)c1N=C1Nc2cccc([N+](=O)[O-])c2N2C=NCC12. The van der Waals surface area contributed by atoms with Crippen LogP contribution < -0.4 is 10.2 Å². The van der Waals surface area contributed by atoms with Crippen LogP contribution in [0.25, 0.3) is 0 Å². The van der Waals surface area contributed by atoms with Crippen molar-refractivity contribution in [2.24, 2.45) is 9.98 Å². The summed E-state index contributed by atoms with van der Waals surface area (Å²) in [6, 6.07) is 8.42. The molecule has 1 atom stereocenters. The third kappa shape index (κ3) is 2.75. The highest BCUT2D eigenvalue weighted by Crippen LogP contribution is 2.41. The van der Waals surface area contributed by atoms with Crippen LogP contribution in [-0.2, 0) is 0 Å². The lowest BCUT2D eigenvalue weighted by Gasteiger charge is -2.33. The Balaban J connectivity index is 1.85. The van der Waals surface area contributed by atoms with Crippen LogP contribution in [0.1, 0.15) is 5.56 Å². The Bertz CT molecular complexity index is 968. The van der Waals surface area contributed by atoms with Crippen molar-refractivity contribution in [3.63, 3.8) is 0 Å². The number of amidine groups is 1. The molecule has 9 heteroatoms. The summed E-state index contributed by atoms with van der Waals surface area (Å²) in [5.41, 5.74) is 2.74. The van der Waals surface area contributed by atoms with Crippen molar-refractivity contribution in [3.05, 3.63) is 55.5 Å². The van der Waals surface area contributed by atoms with Gasteiger partial charge in [0.2, 0.25) is 0 Å². The number of aryl methyl sites for hydroxylation is 1. The van der Waals surface area contributed by atoms with Crippen LogP contribution in [0.5, 0.6) is 0 Å². The van der Waals surface area contributed by atoms with Gasteiger partial charge in [-0.15, -0.1) is 0 Å². The molecule has 0 amide bonds. The fraction of sp³-hybridized carbons (Fsp3) is 0.176. The van der Waals surface area contributed by atoms with Gasteiger partial charge >= 0.3 is 0 Å². The Morgan fingerprint density at radius 1 is 1.46 bits per heavy atom. The molecule has 2 aromatic carbocycles. The predicted molar refractivity (Wildman–Crippen MR) is 107 cm³/mol. The molecule has 7 nitrogen and oxygen atoms in total. The summed E-state index contributed by atoms with van der Waals surface area (Å²) in [5, 5.41) is 15.2. The van der Waals surface area contributed by atoms with E-state index in [0.717, 1.165) is 10.0 Å².